The van der Waals surface area contributed by atoms with E-state index in [4.69, 9.17) is 4.42 Å². The number of tetrazole rings is 1. The summed E-state index contributed by atoms with van der Waals surface area (Å²) in [5.74, 6) is 0.829. The lowest BCUT2D eigenvalue weighted by Crippen LogP contribution is -2.53. The van der Waals surface area contributed by atoms with Crippen LogP contribution in [0.2, 0.25) is 0 Å². The average Bonchev–Trinajstić information content (AvgIpc) is 3.39. The van der Waals surface area contributed by atoms with Crippen LogP contribution in [0.25, 0.3) is 6.08 Å². The monoisotopic (exact) mass is 489 g/mol. The first-order valence-electron chi connectivity index (χ1n) is 11.1. The molecule has 4 rings (SSSR count). The van der Waals surface area contributed by atoms with Gasteiger partial charge in [0.2, 0.25) is 5.91 Å². The molecule has 3 heterocycles. The minimum absolute atomic E-state index is 0.00474. The van der Waals surface area contributed by atoms with Crippen molar-refractivity contribution < 1.29 is 22.4 Å². The molecule has 0 aliphatic carbocycles. The summed E-state index contributed by atoms with van der Waals surface area (Å²) < 4.78 is 45.1. The third-order valence-electron chi connectivity index (χ3n) is 5.79. The van der Waals surface area contributed by atoms with Crippen molar-refractivity contribution in [2.45, 2.75) is 46.1 Å². The van der Waals surface area contributed by atoms with E-state index < -0.39 is 11.7 Å². The number of amides is 1. The summed E-state index contributed by atoms with van der Waals surface area (Å²) >= 11 is 0. The number of halogens is 3. The standard InChI is InChI=1S/C23H26F3N7O2/c1-15-11-31(13-21-14-35-17(3)27-21)8-9-32(15)22(34)7-5-18-4-6-20(23(24,25)26)10-19(18)12-33-29-16(2)28-30-33/h4-7,10,14-15H,8-9,11-13H2,1-3H3/t15-/m1/s1. The quantitative estimate of drug-likeness (QED) is 0.491. The lowest BCUT2D eigenvalue weighted by molar-refractivity contribution is -0.137. The molecule has 9 nitrogen and oxygen atoms in total. The van der Waals surface area contributed by atoms with Crippen molar-refractivity contribution in [3.63, 3.8) is 0 Å². The van der Waals surface area contributed by atoms with Gasteiger partial charge < -0.3 is 9.32 Å². The molecule has 0 unspecified atom stereocenters. The van der Waals surface area contributed by atoms with Gasteiger partial charge in [0.15, 0.2) is 11.7 Å². The maximum atomic E-state index is 13.3. The molecule has 0 spiro atoms. The molecule has 1 aliphatic rings. The van der Waals surface area contributed by atoms with Crippen molar-refractivity contribution in [3.8, 4) is 0 Å². The SMILES string of the molecule is Cc1nnn(Cc2cc(C(F)(F)F)ccc2C=CC(=O)N2CCN(Cc3coc(C)n3)C[C@H]2C)n1. The van der Waals surface area contributed by atoms with Gasteiger partial charge in [-0.05, 0) is 48.4 Å². The zero-order chi connectivity index (χ0) is 25.2. The summed E-state index contributed by atoms with van der Waals surface area (Å²) in [7, 11) is 0. The summed E-state index contributed by atoms with van der Waals surface area (Å²) in [4.78, 5) is 22.4. The first kappa shape index (κ1) is 24.6. The smallest absolute Gasteiger partial charge is 0.416 e. The van der Waals surface area contributed by atoms with Crippen LogP contribution in [0.15, 0.2) is 35.0 Å². The number of oxazole rings is 1. The van der Waals surface area contributed by atoms with Crippen LogP contribution in [0.3, 0.4) is 0 Å². The van der Waals surface area contributed by atoms with Gasteiger partial charge in [0.25, 0.3) is 0 Å². The Morgan fingerprint density at radius 2 is 2.03 bits per heavy atom. The summed E-state index contributed by atoms with van der Waals surface area (Å²) in [5.41, 5.74) is 0.886. The number of aryl methyl sites for hydroxylation is 2. The molecule has 1 fully saturated rings. The van der Waals surface area contributed by atoms with Gasteiger partial charge in [0, 0.05) is 45.2 Å². The molecular formula is C23H26F3N7O2. The third-order valence-corrected chi connectivity index (χ3v) is 5.79. The topological polar surface area (TPSA) is 93.2 Å². The molecule has 12 heteroatoms. The molecule has 0 radical (unpaired) electrons. The van der Waals surface area contributed by atoms with Gasteiger partial charge in [-0.25, -0.2) is 4.98 Å². The van der Waals surface area contributed by atoms with E-state index in [0.717, 1.165) is 17.8 Å². The maximum absolute atomic E-state index is 13.3. The normalized spacial score (nSPS) is 17.4. The predicted molar refractivity (Wildman–Crippen MR) is 120 cm³/mol. The van der Waals surface area contributed by atoms with Gasteiger partial charge in [-0.15, -0.1) is 10.2 Å². The fourth-order valence-electron chi connectivity index (χ4n) is 4.10. The summed E-state index contributed by atoms with van der Waals surface area (Å²) in [6, 6.07) is 3.37. The second-order valence-electron chi connectivity index (χ2n) is 8.59. The van der Waals surface area contributed by atoms with Crippen molar-refractivity contribution in [2.75, 3.05) is 19.6 Å². The van der Waals surface area contributed by atoms with Gasteiger partial charge in [-0.3, -0.25) is 9.69 Å². The van der Waals surface area contributed by atoms with E-state index in [1.807, 2.05) is 6.92 Å². The molecule has 35 heavy (non-hydrogen) atoms. The average molecular weight is 490 g/mol. The number of carbonyl (C=O) groups excluding carboxylic acids is 1. The van der Waals surface area contributed by atoms with Crippen molar-refractivity contribution in [3.05, 3.63) is 64.6 Å². The number of nitrogens with zero attached hydrogens (tertiary/aromatic N) is 7. The molecule has 2 aromatic heterocycles. The van der Waals surface area contributed by atoms with Gasteiger partial charge in [-0.2, -0.15) is 18.0 Å². The van der Waals surface area contributed by atoms with Crippen molar-refractivity contribution in [2.24, 2.45) is 0 Å². The molecule has 0 saturated carbocycles. The van der Waals surface area contributed by atoms with E-state index >= 15 is 0 Å². The van der Waals surface area contributed by atoms with Crippen LogP contribution in [0.4, 0.5) is 13.2 Å². The van der Waals surface area contributed by atoms with E-state index in [1.54, 1.807) is 31.1 Å². The van der Waals surface area contributed by atoms with Gasteiger partial charge in [0.05, 0.1) is 17.8 Å². The van der Waals surface area contributed by atoms with Crippen molar-refractivity contribution >= 4 is 12.0 Å². The third kappa shape index (κ3) is 6.13. The van der Waals surface area contributed by atoms with Crippen LogP contribution in [-0.2, 0) is 24.1 Å². The number of hydrogen-bond acceptors (Lipinski definition) is 7. The minimum Gasteiger partial charge on any atom is -0.449 e. The molecule has 186 valence electrons. The Hall–Kier alpha value is -3.54. The highest BCUT2D eigenvalue weighted by atomic mass is 19.4. The number of carbonyl (C=O) groups is 1. The van der Waals surface area contributed by atoms with E-state index in [2.05, 4.69) is 25.3 Å². The zero-order valence-electron chi connectivity index (χ0n) is 19.7. The second-order valence-corrected chi connectivity index (χ2v) is 8.59. The Bertz CT molecular complexity index is 1220. The van der Waals surface area contributed by atoms with E-state index in [-0.39, 0.29) is 18.5 Å². The highest BCUT2D eigenvalue weighted by molar-refractivity contribution is 5.92. The fraction of sp³-hybridized carbons (Fsp3) is 0.435. The highest BCUT2D eigenvalue weighted by Crippen LogP contribution is 2.31. The second kappa shape index (κ2) is 9.98. The highest BCUT2D eigenvalue weighted by Gasteiger charge is 2.31. The lowest BCUT2D eigenvalue weighted by Gasteiger charge is -2.39. The molecule has 3 aromatic rings. The van der Waals surface area contributed by atoms with Crippen LogP contribution in [0, 0.1) is 13.8 Å². The maximum Gasteiger partial charge on any atom is 0.416 e. The Morgan fingerprint density at radius 3 is 2.66 bits per heavy atom. The first-order valence-corrected chi connectivity index (χ1v) is 11.1. The van der Waals surface area contributed by atoms with Gasteiger partial charge in [-0.1, -0.05) is 6.07 Å². The van der Waals surface area contributed by atoms with Crippen LogP contribution in [0.5, 0.6) is 0 Å². The van der Waals surface area contributed by atoms with E-state index in [0.29, 0.717) is 49.0 Å². The van der Waals surface area contributed by atoms with Gasteiger partial charge >= 0.3 is 6.18 Å². The first-order chi connectivity index (χ1) is 16.6. The molecule has 1 aliphatic heterocycles. The largest absolute Gasteiger partial charge is 0.449 e. The number of hydrogen-bond donors (Lipinski definition) is 0. The Morgan fingerprint density at radius 1 is 1.23 bits per heavy atom. The van der Waals surface area contributed by atoms with Crippen LogP contribution in [-0.4, -0.2) is 66.6 Å². The van der Waals surface area contributed by atoms with Crippen LogP contribution in [0.1, 0.15) is 41.0 Å². The minimum atomic E-state index is -4.49. The zero-order valence-corrected chi connectivity index (χ0v) is 19.7. The van der Waals surface area contributed by atoms with Crippen molar-refractivity contribution in [1.29, 1.82) is 0 Å². The van der Waals surface area contributed by atoms with Crippen molar-refractivity contribution in [1.82, 2.24) is 35.0 Å². The molecule has 1 atom stereocenters. The molecular weight excluding hydrogens is 463 g/mol. The molecule has 0 bridgehead atoms. The Labute approximate surface area is 200 Å². The van der Waals surface area contributed by atoms with Crippen LogP contribution < -0.4 is 0 Å². The van der Waals surface area contributed by atoms with Crippen LogP contribution >= 0.6 is 0 Å². The Balaban J connectivity index is 1.46. The predicted octanol–water partition coefficient (Wildman–Crippen LogP) is 3.09. The summed E-state index contributed by atoms with van der Waals surface area (Å²) in [5, 5.41) is 11.7. The van der Waals surface area contributed by atoms with Gasteiger partial charge in [0.1, 0.15) is 6.26 Å². The number of benzene rings is 1. The van der Waals surface area contributed by atoms with E-state index in [9.17, 15) is 18.0 Å². The number of piperazine rings is 1. The Kier molecular flexibility index (Phi) is 7.01. The fourth-order valence-corrected chi connectivity index (χ4v) is 4.10. The molecule has 1 aromatic carbocycles. The summed E-state index contributed by atoms with van der Waals surface area (Å²) in [6.07, 6.45) is 0.0918. The van der Waals surface area contributed by atoms with E-state index in [1.165, 1.54) is 16.9 Å². The molecule has 1 amide bonds. The molecule has 1 saturated heterocycles. The number of rotatable bonds is 6. The molecule has 0 N–H and O–H groups in total. The number of aromatic nitrogens is 5. The number of alkyl halides is 3. The summed E-state index contributed by atoms with van der Waals surface area (Å²) in [6.45, 7) is 7.92. The lowest BCUT2D eigenvalue weighted by atomic mass is 10.0.